The van der Waals surface area contributed by atoms with E-state index in [0.717, 1.165) is 12.0 Å². The number of esters is 1. The Morgan fingerprint density at radius 2 is 1.70 bits per heavy atom. The SMILES string of the molecule is CCc1ccccc1NC(=O)COC(=O)CCCC(=O)Nc1cc(Cl)ccc1OC. The molecular formula is C22H25ClN2O5. The van der Waals surface area contributed by atoms with Gasteiger partial charge in [-0.2, -0.15) is 0 Å². The fraction of sp³-hybridized carbons (Fsp3) is 0.318. The van der Waals surface area contributed by atoms with Gasteiger partial charge in [-0.15, -0.1) is 0 Å². The summed E-state index contributed by atoms with van der Waals surface area (Å²) in [6, 6.07) is 12.3. The zero-order valence-corrected chi connectivity index (χ0v) is 17.8. The van der Waals surface area contributed by atoms with Gasteiger partial charge in [0.25, 0.3) is 5.91 Å². The first-order chi connectivity index (χ1) is 14.4. The summed E-state index contributed by atoms with van der Waals surface area (Å²) >= 11 is 5.93. The molecule has 2 aromatic rings. The number of hydrogen-bond donors (Lipinski definition) is 2. The summed E-state index contributed by atoms with van der Waals surface area (Å²) in [5, 5.41) is 5.90. The molecule has 30 heavy (non-hydrogen) atoms. The summed E-state index contributed by atoms with van der Waals surface area (Å²) in [5.41, 5.74) is 2.16. The van der Waals surface area contributed by atoms with Crippen LogP contribution in [0.25, 0.3) is 0 Å². The number of aryl methyl sites for hydroxylation is 1. The van der Waals surface area contributed by atoms with Crippen LogP contribution in [-0.4, -0.2) is 31.5 Å². The number of ether oxygens (including phenoxy) is 2. The van der Waals surface area contributed by atoms with Crippen molar-refractivity contribution < 1.29 is 23.9 Å². The molecule has 0 unspecified atom stereocenters. The van der Waals surface area contributed by atoms with Gasteiger partial charge in [0.15, 0.2) is 6.61 Å². The highest BCUT2D eigenvalue weighted by Crippen LogP contribution is 2.27. The van der Waals surface area contributed by atoms with Crippen molar-refractivity contribution >= 4 is 40.8 Å². The summed E-state index contributed by atoms with van der Waals surface area (Å²) in [6.07, 6.45) is 1.20. The Bertz CT molecular complexity index is 901. The van der Waals surface area contributed by atoms with Gasteiger partial charge in [0.2, 0.25) is 5.91 Å². The van der Waals surface area contributed by atoms with E-state index in [-0.39, 0.29) is 31.8 Å². The van der Waals surface area contributed by atoms with Crippen molar-refractivity contribution in [3.05, 3.63) is 53.1 Å². The molecule has 2 amide bonds. The number of benzene rings is 2. The van der Waals surface area contributed by atoms with Crippen molar-refractivity contribution in [2.45, 2.75) is 32.6 Å². The van der Waals surface area contributed by atoms with E-state index >= 15 is 0 Å². The highest BCUT2D eigenvalue weighted by Gasteiger charge is 2.12. The molecule has 0 aliphatic rings. The molecule has 0 atom stereocenters. The first-order valence-electron chi connectivity index (χ1n) is 9.59. The van der Waals surface area contributed by atoms with E-state index in [1.54, 1.807) is 24.3 Å². The quantitative estimate of drug-likeness (QED) is 0.549. The van der Waals surface area contributed by atoms with Gasteiger partial charge in [-0.05, 0) is 42.7 Å². The van der Waals surface area contributed by atoms with Crippen molar-refractivity contribution in [2.75, 3.05) is 24.4 Å². The number of para-hydroxylation sites is 1. The largest absolute Gasteiger partial charge is 0.495 e. The lowest BCUT2D eigenvalue weighted by atomic mass is 10.1. The maximum atomic E-state index is 12.1. The van der Waals surface area contributed by atoms with Crippen LogP contribution in [0.2, 0.25) is 5.02 Å². The van der Waals surface area contributed by atoms with Gasteiger partial charge >= 0.3 is 5.97 Å². The van der Waals surface area contributed by atoms with Crippen LogP contribution in [0.15, 0.2) is 42.5 Å². The third-order valence-electron chi connectivity index (χ3n) is 4.26. The maximum absolute atomic E-state index is 12.1. The zero-order valence-electron chi connectivity index (χ0n) is 17.0. The zero-order chi connectivity index (χ0) is 21.9. The van der Waals surface area contributed by atoms with E-state index in [9.17, 15) is 14.4 Å². The molecule has 0 radical (unpaired) electrons. The molecule has 2 rings (SSSR count). The van der Waals surface area contributed by atoms with Gasteiger partial charge < -0.3 is 20.1 Å². The monoisotopic (exact) mass is 432 g/mol. The maximum Gasteiger partial charge on any atom is 0.306 e. The lowest BCUT2D eigenvalue weighted by Crippen LogP contribution is -2.21. The van der Waals surface area contributed by atoms with Crippen molar-refractivity contribution in [1.29, 1.82) is 0 Å². The Balaban J connectivity index is 1.70. The Morgan fingerprint density at radius 3 is 2.43 bits per heavy atom. The topological polar surface area (TPSA) is 93.7 Å². The van der Waals surface area contributed by atoms with Gasteiger partial charge in [-0.25, -0.2) is 0 Å². The fourth-order valence-corrected chi connectivity index (χ4v) is 2.91. The van der Waals surface area contributed by atoms with E-state index in [1.807, 2.05) is 25.1 Å². The van der Waals surface area contributed by atoms with Crippen LogP contribution in [0.4, 0.5) is 11.4 Å². The summed E-state index contributed by atoms with van der Waals surface area (Å²) in [7, 11) is 1.49. The molecule has 8 heteroatoms. The number of anilines is 2. The van der Waals surface area contributed by atoms with Gasteiger partial charge in [0, 0.05) is 23.6 Å². The van der Waals surface area contributed by atoms with Gasteiger partial charge in [-0.1, -0.05) is 36.7 Å². The molecule has 0 fully saturated rings. The number of carbonyl (C=O) groups excluding carboxylic acids is 3. The molecule has 0 bridgehead atoms. The minimum atomic E-state index is -0.540. The minimum Gasteiger partial charge on any atom is -0.495 e. The molecule has 0 saturated carbocycles. The highest BCUT2D eigenvalue weighted by molar-refractivity contribution is 6.31. The molecule has 7 nitrogen and oxygen atoms in total. The molecule has 0 heterocycles. The van der Waals surface area contributed by atoms with Crippen molar-refractivity contribution in [2.24, 2.45) is 0 Å². The van der Waals surface area contributed by atoms with Crippen molar-refractivity contribution in [3.8, 4) is 5.75 Å². The number of halogens is 1. The van der Waals surface area contributed by atoms with Crippen LogP contribution in [0.5, 0.6) is 5.75 Å². The third kappa shape index (κ3) is 7.40. The summed E-state index contributed by atoms with van der Waals surface area (Å²) < 4.78 is 10.2. The van der Waals surface area contributed by atoms with Gasteiger partial charge in [0.1, 0.15) is 5.75 Å². The molecular weight excluding hydrogens is 408 g/mol. The van der Waals surface area contributed by atoms with Crippen LogP contribution in [0, 0.1) is 0 Å². The predicted molar refractivity (Wildman–Crippen MR) is 116 cm³/mol. The summed E-state index contributed by atoms with van der Waals surface area (Å²) in [4.78, 5) is 35.9. The lowest BCUT2D eigenvalue weighted by Gasteiger charge is -2.11. The Kier molecular flexibility index (Phi) is 9.15. The van der Waals surface area contributed by atoms with E-state index < -0.39 is 11.9 Å². The minimum absolute atomic E-state index is 0.0267. The first-order valence-corrected chi connectivity index (χ1v) is 9.97. The molecule has 160 valence electrons. The number of methoxy groups -OCH3 is 1. The number of nitrogens with one attached hydrogen (secondary N) is 2. The molecule has 0 spiro atoms. The molecule has 0 saturated heterocycles. The Labute approximate surface area is 180 Å². The average Bonchev–Trinajstić information content (AvgIpc) is 2.73. The average molecular weight is 433 g/mol. The normalized spacial score (nSPS) is 10.2. The van der Waals surface area contributed by atoms with E-state index in [4.69, 9.17) is 21.1 Å². The summed E-state index contributed by atoms with van der Waals surface area (Å²) in [6.45, 7) is 1.62. The van der Waals surface area contributed by atoms with Crippen LogP contribution >= 0.6 is 11.6 Å². The van der Waals surface area contributed by atoms with Crippen LogP contribution < -0.4 is 15.4 Å². The van der Waals surface area contributed by atoms with Crippen LogP contribution in [-0.2, 0) is 25.5 Å². The van der Waals surface area contributed by atoms with Crippen molar-refractivity contribution in [3.63, 3.8) is 0 Å². The van der Waals surface area contributed by atoms with E-state index in [0.29, 0.717) is 22.1 Å². The molecule has 2 aromatic carbocycles. The smallest absolute Gasteiger partial charge is 0.306 e. The van der Waals surface area contributed by atoms with E-state index in [1.165, 1.54) is 7.11 Å². The summed E-state index contributed by atoms with van der Waals surface area (Å²) in [5.74, 6) is -0.739. The number of amides is 2. The molecule has 0 aliphatic carbocycles. The standard InChI is InChI=1S/C22H25ClN2O5/c1-3-15-7-4-5-8-17(15)24-21(27)14-30-22(28)10-6-9-20(26)25-18-13-16(23)11-12-19(18)29-2/h4-5,7-8,11-13H,3,6,9-10,14H2,1-2H3,(H,24,27)(H,25,26). The Hall–Kier alpha value is -3.06. The fourth-order valence-electron chi connectivity index (χ4n) is 2.74. The van der Waals surface area contributed by atoms with Crippen LogP contribution in [0.1, 0.15) is 31.7 Å². The first kappa shape index (κ1) is 23.2. The highest BCUT2D eigenvalue weighted by atomic mass is 35.5. The van der Waals surface area contributed by atoms with Gasteiger partial charge in [0.05, 0.1) is 12.8 Å². The second-order valence-electron chi connectivity index (χ2n) is 6.47. The second kappa shape index (κ2) is 11.8. The van der Waals surface area contributed by atoms with Crippen LogP contribution in [0.3, 0.4) is 0 Å². The Morgan fingerprint density at radius 1 is 0.967 bits per heavy atom. The second-order valence-corrected chi connectivity index (χ2v) is 6.90. The lowest BCUT2D eigenvalue weighted by molar-refractivity contribution is -0.147. The van der Waals surface area contributed by atoms with Crippen molar-refractivity contribution in [1.82, 2.24) is 0 Å². The molecule has 0 aliphatic heterocycles. The number of hydrogen-bond acceptors (Lipinski definition) is 5. The third-order valence-corrected chi connectivity index (χ3v) is 4.49. The number of rotatable bonds is 10. The van der Waals surface area contributed by atoms with Gasteiger partial charge in [-0.3, -0.25) is 14.4 Å². The predicted octanol–water partition coefficient (Wildman–Crippen LogP) is 4.20. The molecule has 0 aromatic heterocycles. The number of carbonyl (C=O) groups is 3. The van der Waals surface area contributed by atoms with E-state index in [2.05, 4.69) is 10.6 Å². The molecule has 2 N–H and O–H groups in total.